The number of carbonyl (C=O) groups is 1. The number of para-hydroxylation sites is 1. The molecule has 0 radical (unpaired) electrons. The topological polar surface area (TPSA) is 44.4 Å². The van der Waals surface area contributed by atoms with E-state index in [1.807, 2.05) is 18.2 Å². The standard InChI is InChI=1S/C16H23N3O/c1-17-16(20)11-12-5-2-3-6-13(12)18-14-8-10-19-9-4-7-15(14)19/h2-3,5-6,14-15,18H,4,7-11H2,1H3,(H,17,20). The number of hydrogen-bond donors (Lipinski definition) is 2. The van der Waals surface area contributed by atoms with E-state index in [4.69, 9.17) is 0 Å². The molecule has 2 aliphatic heterocycles. The van der Waals surface area contributed by atoms with E-state index >= 15 is 0 Å². The molecule has 2 atom stereocenters. The molecule has 1 aromatic carbocycles. The summed E-state index contributed by atoms with van der Waals surface area (Å²) in [7, 11) is 1.69. The first-order valence-corrected chi connectivity index (χ1v) is 7.57. The van der Waals surface area contributed by atoms with Crippen molar-refractivity contribution >= 4 is 11.6 Å². The maximum Gasteiger partial charge on any atom is 0.224 e. The van der Waals surface area contributed by atoms with Crippen LogP contribution in [-0.4, -0.2) is 43.0 Å². The average Bonchev–Trinajstić information content (AvgIpc) is 3.05. The van der Waals surface area contributed by atoms with E-state index < -0.39 is 0 Å². The van der Waals surface area contributed by atoms with Gasteiger partial charge in [-0.25, -0.2) is 0 Å². The monoisotopic (exact) mass is 273 g/mol. The van der Waals surface area contributed by atoms with Crippen LogP contribution in [0.15, 0.2) is 24.3 Å². The Bertz CT molecular complexity index is 488. The molecule has 2 fully saturated rings. The third-order valence-corrected chi connectivity index (χ3v) is 4.59. The molecular formula is C16H23N3O. The lowest BCUT2D eigenvalue weighted by Gasteiger charge is -2.23. The summed E-state index contributed by atoms with van der Waals surface area (Å²) in [6.07, 6.45) is 4.28. The number of nitrogens with one attached hydrogen (secondary N) is 2. The summed E-state index contributed by atoms with van der Waals surface area (Å²) in [6.45, 7) is 2.46. The van der Waals surface area contributed by atoms with Crippen molar-refractivity contribution in [1.82, 2.24) is 10.2 Å². The fourth-order valence-corrected chi connectivity index (χ4v) is 3.53. The van der Waals surface area contributed by atoms with Crippen LogP contribution in [0, 0.1) is 0 Å². The summed E-state index contributed by atoms with van der Waals surface area (Å²) < 4.78 is 0. The summed E-state index contributed by atoms with van der Waals surface area (Å²) in [5, 5.41) is 6.39. The fraction of sp³-hybridized carbons (Fsp3) is 0.562. The largest absolute Gasteiger partial charge is 0.380 e. The minimum absolute atomic E-state index is 0.0631. The Morgan fingerprint density at radius 2 is 2.15 bits per heavy atom. The van der Waals surface area contributed by atoms with E-state index in [9.17, 15) is 4.79 Å². The number of likely N-dealkylation sites (N-methyl/N-ethyl adjacent to an activating group) is 1. The predicted octanol–water partition coefficient (Wildman–Crippen LogP) is 1.62. The third-order valence-electron chi connectivity index (χ3n) is 4.59. The summed E-state index contributed by atoms with van der Waals surface area (Å²) in [5.41, 5.74) is 2.21. The van der Waals surface area contributed by atoms with Crippen LogP contribution in [0.1, 0.15) is 24.8 Å². The Morgan fingerprint density at radius 3 is 3.00 bits per heavy atom. The van der Waals surface area contributed by atoms with Crippen LogP contribution in [0.2, 0.25) is 0 Å². The van der Waals surface area contributed by atoms with Crippen LogP contribution in [0.5, 0.6) is 0 Å². The zero-order valence-electron chi connectivity index (χ0n) is 12.1. The smallest absolute Gasteiger partial charge is 0.224 e. The maximum atomic E-state index is 11.6. The SMILES string of the molecule is CNC(=O)Cc1ccccc1NC1CCN2CCCC12. The normalized spacial score (nSPS) is 25.4. The second kappa shape index (κ2) is 5.83. The molecule has 2 heterocycles. The van der Waals surface area contributed by atoms with Crippen molar-refractivity contribution in [3.63, 3.8) is 0 Å². The molecule has 108 valence electrons. The Kier molecular flexibility index (Phi) is 3.92. The van der Waals surface area contributed by atoms with Gasteiger partial charge in [0.05, 0.1) is 6.42 Å². The molecule has 4 heteroatoms. The van der Waals surface area contributed by atoms with Gasteiger partial charge in [0.15, 0.2) is 0 Å². The van der Waals surface area contributed by atoms with Crippen molar-refractivity contribution in [2.75, 3.05) is 25.5 Å². The molecule has 3 rings (SSSR count). The lowest BCUT2D eigenvalue weighted by Crippen LogP contribution is -2.34. The van der Waals surface area contributed by atoms with Gasteiger partial charge < -0.3 is 10.6 Å². The zero-order chi connectivity index (χ0) is 13.9. The van der Waals surface area contributed by atoms with E-state index in [1.54, 1.807) is 7.05 Å². The number of anilines is 1. The summed E-state index contributed by atoms with van der Waals surface area (Å²) in [5.74, 6) is 0.0631. The minimum atomic E-state index is 0.0631. The highest BCUT2D eigenvalue weighted by Crippen LogP contribution is 2.30. The van der Waals surface area contributed by atoms with Gasteiger partial charge in [0, 0.05) is 31.4 Å². The molecule has 0 saturated carbocycles. The van der Waals surface area contributed by atoms with E-state index in [0.29, 0.717) is 18.5 Å². The average molecular weight is 273 g/mol. The summed E-state index contributed by atoms with van der Waals surface area (Å²) >= 11 is 0. The number of rotatable bonds is 4. The van der Waals surface area contributed by atoms with Crippen LogP contribution >= 0.6 is 0 Å². The Morgan fingerprint density at radius 1 is 1.30 bits per heavy atom. The van der Waals surface area contributed by atoms with Gasteiger partial charge in [0.25, 0.3) is 0 Å². The Balaban J connectivity index is 1.72. The van der Waals surface area contributed by atoms with E-state index in [-0.39, 0.29) is 5.91 Å². The van der Waals surface area contributed by atoms with Gasteiger partial charge in [-0.15, -0.1) is 0 Å². The maximum absolute atomic E-state index is 11.6. The van der Waals surface area contributed by atoms with Crippen molar-refractivity contribution < 1.29 is 4.79 Å². The molecule has 1 aromatic rings. The quantitative estimate of drug-likeness (QED) is 0.876. The molecule has 0 aliphatic carbocycles. The van der Waals surface area contributed by atoms with Gasteiger partial charge in [-0.2, -0.15) is 0 Å². The van der Waals surface area contributed by atoms with Gasteiger partial charge in [0.1, 0.15) is 0 Å². The Labute approximate surface area is 120 Å². The molecule has 2 unspecified atom stereocenters. The third kappa shape index (κ3) is 2.66. The summed E-state index contributed by atoms with van der Waals surface area (Å²) in [4.78, 5) is 14.2. The zero-order valence-corrected chi connectivity index (χ0v) is 12.1. The van der Waals surface area contributed by atoms with Gasteiger partial charge in [-0.3, -0.25) is 9.69 Å². The molecule has 1 amide bonds. The van der Waals surface area contributed by atoms with Gasteiger partial charge in [-0.1, -0.05) is 18.2 Å². The van der Waals surface area contributed by atoms with Crippen molar-refractivity contribution in [2.45, 2.75) is 37.8 Å². The second-order valence-electron chi connectivity index (χ2n) is 5.79. The molecule has 4 nitrogen and oxygen atoms in total. The van der Waals surface area contributed by atoms with Crippen molar-refractivity contribution in [3.05, 3.63) is 29.8 Å². The summed E-state index contributed by atoms with van der Waals surface area (Å²) in [6, 6.07) is 9.39. The molecule has 0 spiro atoms. The second-order valence-corrected chi connectivity index (χ2v) is 5.79. The van der Waals surface area contributed by atoms with Crippen LogP contribution < -0.4 is 10.6 Å². The van der Waals surface area contributed by atoms with Crippen molar-refractivity contribution in [1.29, 1.82) is 0 Å². The first-order chi connectivity index (χ1) is 9.78. The lowest BCUT2D eigenvalue weighted by molar-refractivity contribution is -0.119. The number of hydrogen-bond acceptors (Lipinski definition) is 3. The highest BCUT2D eigenvalue weighted by molar-refractivity contribution is 5.80. The van der Waals surface area contributed by atoms with Gasteiger partial charge in [0.2, 0.25) is 5.91 Å². The highest BCUT2D eigenvalue weighted by atomic mass is 16.1. The minimum Gasteiger partial charge on any atom is -0.380 e. The van der Waals surface area contributed by atoms with E-state index in [1.165, 1.54) is 32.4 Å². The molecule has 20 heavy (non-hydrogen) atoms. The number of benzene rings is 1. The number of carbonyl (C=O) groups excluding carboxylic acids is 1. The van der Waals surface area contributed by atoms with E-state index in [0.717, 1.165) is 11.3 Å². The van der Waals surface area contributed by atoms with Crippen molar-refractivity contribution in [2.24, 2.45) is 0 Å². The number of amides is 1. The first kappa shape index (κ1) is 13.4. The van der Waals surface area contributed by atoms with Crippen LogP contribution in [0.4, 0.5) is 5.69 Å². The number of nitrogens with zero attached hydrogens (tertiary/aromatic N) is 1. The van der Waals surface area contributed by atoms with Gasteiger partial charge in [-0.05, 0) is 37.4 Å². The lowest BCUT2D eigenvalue weighted by atomic mass is 10.0. The fourth-order valence-electron chi connectivity index (χ4n) is 3.53. The number of fused-ring (bicyclic) bond motifs is 1. The van der Waals surface area contributed by atoms with Gasteiger partial charge >= 0.3 is 0 Å². The predicted molar refractivity (Wildman–Crippen MR) is 80.8 cm³/mol. The highest BCUT2D eigenvalue weighted by Gasteiger charge is 2.37. The van der Waals surface area contributed by atoms with Crippen LogP contribution in [0.3, 0.4) is 0 Å². The van der Waals surface area contributed by atoms with Crippen molar-refractivity contribution in [3.8, 4) is 0 Å². The van der Waals surface area contributed by atoms with E-state index in [2.05, 4.69) is 21.6 Å². The molecule has 0 bridgehead atoms. The van der Waals surface area contributed by atoms with Crippen LogP contribution in [-0.2, 0) is 11.2 Å². The Hall–Kier alpha value is -1.55. The molecule has 0 aromatic heterocycles. The molecule has 2 saturated heterocycles. The first-order valence-electron chi connectivity index (χ1n) is 7.57. The molecule has 2 aliphatic rings. The molecular weight excluding hydrogens is 250 g/mol. The molecule has 2 N–H and O–H groups in total. The van der Waals surface area contributed by atoms with Crippen LogP contribution in [0.25, 0.3) is 0 Å².